The molecule has 1 aliphatic rings. The minimum absolute atomic E-state index is 0.0221. The van der Waals surface area contributed by atoms with Crippen LogP contribution < -0.4 is 5.32 Å². The minimum atomic E-state index is 0.0221. The number of rotatable bonds is 5. The van der Waals surface area contributed by atoms with Crippen molar-refractivity contribution < 1.29 is 0 Å². The van der Waals surface area contributed by atoms with Gasteiger partial charge in [-0.2, -0.15) is 0 Å². The molecular weight excluding hydrogens is 172 g/mol. The second-order valence-electron chi connectivity index (χ2n) is 3.77. The van der Waals surface area contributed by atoms with Crippen molar-refractivity contribution in [1.82, 2.24) is 5.32 Å². The number of nitrogens with zero attached hydrogens (tertiary/aromatic N) is 1. The van der Waals surface area contributed by atoms with Crippen LogP contribution in [0.3, 0.4) is 0 Å². The second-order valence-corrected chi connectivity index (χ2v) is 3.77. The number of allylic oxidation sites excluding steroid dienone is 4. The minimum Gasteiger partial charge on any atom is -0.320 e. The zero-order chi connectivity index (χ0) is 10.6. The molecule has 0 aromatic heterocycles. The first kappa shape index (κ1) is 10.9. The van der Waals surface area contributed by atoms with Gasteiger partial charge in [0.25, 0.3) is 0 Å². The second kappa shape index (κ2) is 4.38. The van der Waals surface area contributed by atoms with Crippen LogP contribution in [0.2, 0.25) is 0 Å². The van der Waals surface area contributed by atoms with Gasteiger partial charge in [-0.1, -0.05) is 31.7 Å². The van der Waals surface area contributed by atoms with Crippen molar-refractivity contribution in [2.45, 2.75) is 13.3 Å². The molecule has 0 bridgehead atoms. The third kappa shape index (κ3) is 1.85. The Labute approximate surface area is 86.1 Å². The van der Waals surface area contributed by atoms with E-state index >= 15 is 0 Å². The predicted octanol–water partition coefficient (Wildman–Crippen LogP) is 2.31. The standard InChI is InChI=1S/C12H18N2/c1-5-10-6-7-12(2,8-9-13-3)11(10)14-4/h5-7,13H,1,4,8-9H2,2-3H3. The Bertz CT molecular complexity index is 299. The lowest BCUT2D eigenvalue weighted by Crippen LogP contribution is -2.21. The lowest BCUT2D eigenvalue weighted by molar-refractivity contribution is 0.460. The van der Waals surface area contributed by atoms with E-state index in [2.05, 4.69) is 42.7 Å². The molecule has 0 spiro atoms. The van der Waals surface area contributed by atoms with Gasteiger partial charge in [-0.05, 0) is 32.3 Å². The normalized spacial score (nSPS) is 25.6. The summed E-state index contributed by atoms with van der Waals surface area (Å²) in [4.78, 5) is 4.11. The van der Waals surface area contributed by atoms with Crippen molar-refractivity contribution >= 4 is 6.72 Å². The predicted molar refractivity (Wildman–Crippen MR) is 62.6 cm³/mol. The maximum atomic E-state index is 4.11. The van der Waals surface area contributed by atoms with Crippen LogP contribution in [0.5, 0.6) is 0 Å². The van der Waals surface area contributed by atoms with Crippen molar-refractivity contribution in [2.75, 3.05) is 13.6 Å². The van der Waals surface area contributed by atoms with Crippen molar-refractivity contribution in [3.05, 3.63) is 36.1 Å². The van der Waals surface area contributed by atoms with E-state index in [1.165, 1.54) is 0 Å². The summed E-state index contributed by atoms with van der Waals surface area (Å²) in [5.41, 5.74) is 2.16. The molecule has 76 valence electrons. The Balaban J connectivity index is 2.91. The molecule has 0 saturated carbocycles. The van der Waals surface area contributed by atoms with E-state index < -0.39 is 0 Å². The lowest BCUT2D eigenvalue weighted by atomic mass is 9.85. The first-order valence-electron chi connectivity index (χ1n) is 4.85. The molecular formula is C12H18N2. The van der Waals surface area contributed by atoms with Crippen LogP contribution in [0.1, 0.15) is 13.3 Å². The molecule has 2 heteroatoms. The highest BCUT2D eigenvalue weighted by Crippen LogP contribution is 2.40. The molecule has 0 aromatic rings. The first-order chi connectivity index (χ1) is 6.68. The molecule has 0 aromatic carbocycles. The Morgan fingerprint density at radius 1 is 1.64 bits per heavy atom. The lowest BCUT2D eigenvalue weighted by Gasteiger charge is -2.23. The number of hydrogen-bond donors (Lipinski definition) is 1. The largest absolute Gasteiger partial charge is 0.320 e. The van der Waals surface area contributed by atoms with Gasteiger partial charge in [-0.15, -0.1) is 0 Å². The van der Waals surface area contributed by atoms with Gasteiger partial charge in [0, 0.05) is 5.41 Å². The van der Waals surface area contributed by atoms with Gasteiger partial charge >= 0.3 is 0 Å². The fraction of sp³-hybridized carbons (Fsp3) is 0.417. The Morgan fingerprint density at radius 2 is 2.36 bits per heavy atom. The highest BCUT2D eigenvalue weighted by atomic mass is 14.8. The van der Waals surface area contributed by atoms with E-state index in [0.717, 1.165) is 24.2 Å². The van der Waals surface area contributed by atoms with E-state index in [0.29, 0.717) is 0 Å². The molecule has 14 heavy (non-hydrogen) atoms. The van der Waals surface area contributed by atoms with Gasteiger partial charge in [0.1, 0.15) is 0 Å². The van der Waals surface area contributed by atoms with E-state index in [1.807, 2.05) is 13.1 Å². The fourth-order valence-corrected chi connectivity index (χ4v) is 1.78. The zero-order valence-electron chi connectivity index (χ0n) is 9.01. The average Bonchev–Trinajstić information content (AvgIpc) is 2.52. The van der Waals surface area contributed by atoms with Gasteiger partial charge in [-0.3, -0.25) is 4.99 Å². The topological polar surface area (TPSA) is 24.4 Å². The molecule has 0 amide bonds. The molecule has 1 unspecified atom stereocenters. The number of nitrogens with one attached hydrogen (secondary N) is 1. The van der Waals surface area contributed by atoms with E-state index in [4.69, 9.17) is 0 Å². The molecule has 1 atom stereocenters. The van der Waals surface area contributed by atoms with Crippen molar-refractivity contribution in [2.24, 2.45) is 10.4 Å². The molecule has 0 saturated heterocycles. The van der Waals surface area contributed by atoms with Crippen LogP contribution in [-0.2, 0) is 0 Å². The van der Waals surface area contributed by atoms with Crippen LogP contribution in [-0.4, -0.2) is 20.3 Å². The van der Waals surface area contributed by atoms with E-state index in [1.54, 1.807) is 0 Å². The van der Waals surface area contributed by atoms with E-state index in [-0.39, 0.29) is 5.41 Å². The molecule has 0 fully saturated rings. The highest BCUT2D eigenvalue weighted by Gasteiger charge is 2.30. The van der Waals surface area contributed by atoms with Crippen molar-refractivity contribution in [3.8, 4) is 0 Å². The molecule has 0 aliphatic heterocycles. The molecule has 1 N–H and O–H groups in total. The smallest absolute Gasteiger partial charge is 0.0565 e. The van der Waals surface area contributed by atoms with Gasteiger partial charge in [0.05, 0.1) is 5.70 Å². The Morgan fingerprint density at radius 3 is 2.86 bits per heavy atom. The van der Waals surface area contributed by atoms with Crippen molar-refractivity contribution in [1.29, 1.82) is 0 Å². The third-order valence-corrected chi connectivity index (χ3v) is 2.72. The summed E-state index contributed by atoms with van der Waals surface area (Å²) in [6.07, 6.45) is 7.13. The SMILES string of the molecule is C=CC1=C(N=C)C(C)(CCNC)C=C1. The summed E-state index contributed by atoms with van der Waals surface area (Å²) in [6, 6.07) is 0. The number of hydrogen-bond acceptors (Lipinski definition) is 2. The summed E-state index contributed by atoms with van der Waals surface area (Å²) in [7, 11) is 1.96. The van der Waals surface area contributed by atoms with Gasteiger partial charge in [-0.25, -0.2) is 0 Å². The monoisotopic (exact) mass is 190 g/mol. The van der Waals surface area contributed by atoms with Gasteiger partial charge in [0.2, 0.25) is 0 Å². The summed E-state index contributed by atoms with van der Waals surface area (Å²) in [5.74, 6) is 0. The molecule has 1 rings (SSSR count). The summed E-state index contributed by atoms with van der Waals surface area (Å²) in [5, 5.41) is 3.15. The third-order valence-electron chi connectivity index (χ3n) is 2.72. The average molecular weight is 190 g/mol. The maximum absolute atomic E-state index is 4.11. The van der Waals surface area contributed by atoms with E-state index in [9.17, 15) is 0 Å². The highest BCUT2D eigenvalue weighted by molar-refractivity contribution is 5.49. The quantitative estimate of drug-likeness (QED) is 0.661. The molecule has 0 heterocycles. The first-order valence-corrected chi connectivity index (χ1v) is 4.85. The molecule has 2 nitrogen and oxygen atoms in total. The summed E-state index contributed by atoms with van der Waals surface area (Å²) >= 11 is 0. The summed E-state index contributed by atoms with van der Waals surface area (Å²) < 4.78 is 0. The van der Waals surface area contributed by atoms with Crippen LogP contribution in [0.25, 0.3) is 0 Å². The van der Waals surface area contributed by atoms with Gasteiger partial charge < -0.3 is 5.32 Å². The van der Waals surface area contributed by atoms with Crippen LogP contribution in [0.4, 0.5) is 0 Å². The maximum Gasteiger partial charge on any atom is 0.0565 e. The Kier molecular flexibility index (Phi) is 3.42. The Hall–Kier alpha value is -1.15. The zero-order valence-corrected chi connectivity index (χ0v) is 9.01. The van der Waals surface area contributed by atoms with Crippen LogP contribution in [0, 0.1) is 5.41 Å². The van der Waals surface area contributed by atoms with Crippen LogP contribution >= 0.6 is 0 Å². The van der Waals surface area contributed by atoms with Crippen molar-refractivity contribution in [3.63, 3.8) is 0 Å². The van der Waals surface area contributed by atoms with Crippen LogP contribution in [0.15, 0.2) is 41.1 Å². The fourth-order valence-electron chi connectivity index (χ4n) is 1.78. The molecule has 0 radical (unpaired) electrons. The number of aliphatic imine (C=N–C) groups is 1. The summed E-state index contributed by atoms with van der Waals surface area (Å²) in [6.45, 7) is 10.6. The molecule has 1 aliphatic carbocycles. The van der Waals surface area contributed by atoms with Gasteiger partial charge in [0.15, 0.2) is 0 Å².